The van der Waals surface area contributed by atoms with Crippen molar-refractivity contribution in [3.05, 3.63) is 73.8 Å². The Hall–Kier alpha value is -2.84. The van der Waals surface area contributed by atoms with E-state index in [9.17, 15) is 9.59 Å². The molecule has 0 atom stereocenters. The van der Waals surface area contributed by atoms with Crippen LogP contribution in [0.25, 0.3) is 0 Å². The third kappa shape index (κ3) is 10.5. The van der Waals surface area contributed by atoms with E-state index in [1.165, 1.54) is 0 Å². The van der Waals surface area contributed by atoms with Gasteiger partial charge in [-0.15, -0.1) is 13.2 Å². The number of esters is 2. The van der Waals surface area contributed by atoms with Crippen molar-refractivity contribution in [2.24, 2.45) is 11.8 Å². The number of carbonyl (C=O) groups excluding carboxylic acids is 2. The molecule has 0 aromatic heterocycles. The van der Waals surface area contributed by atoms with Crippen molar-refractivity contribution in [3.63, 3.8) is 0 Å². The van der Waals surface area contributed by atoms with E-state index >= 15 is 0 Å². The number of ether oxygens (including phenoxy) is 4. The molecule has 0 amide bonds. The van der Waals surface area contributed by atoms with Gasteiger partial charge in [-0.05, 0) is 74.2 Å². The zero-order chi connectivity index (χ0) is 27.0. The monoisotopic (exact) mass is 556 g/mol. The van der Waals surface area contributed by atoms with E-state index in [2.05, 4.69) is 13.2 Å². The molecule has 8 heteroatoms. The maximum Gasteiger partial charge on any atom is 0.314 e. The Morgan fingerprint density at radius 1 is 0.658 bits per heavy atom. The Labute approximate surface area is 234 Å². The highest BCUT2D eigenvalue weighted by molar-refractivity contribution is 7.99. The lowest BCUT2D eigenvalue weighted by Crippen LogP contribution is -2.30. The molecule has 2 aromatic rings. The maximum absolute atomic E-state index is 12.7. The largest absolute Gasteiger partial charge is 0.493 e. The zero-order valence-electron chi connectivity index (χ0n) is 21.7. The van der Waals surface area contributed by atoms with Crippen LogP contribution in [0.5, 0.6) is 23.0 Å². The fourth-order valence-electron chi connectivity index (χ4n) is 3.94. The van der Waals surface area contributed by atoms with Gasteiger partial charge in [0.1, 0.15) is 23.0 Å². The minimum Gasteiger partial charge on any atom is -0.493 e. The van der Waals surface area contributed by atoms with Gasteiger partial charge in [-0.3, -0.25) is 9.59 Å². The van der Waals surface area contributed by atoms with Crippen LogP contribution >= 0.6 is 23.5 Å². The average Bonchev–Trinajstić information content (AvgIpc) is 2.94. The third-order valence-corrected chi connectivity index (χ3v) is 7.80. The van der Waals surface area contributed by atoms with Crippen molar-refractivity contribution in [2.45, 2.75) is 25.7 Å². The number of hydrogen-bond acceptors (Lipinski definition) is 8. The van der Waals surface area contributed by atoms with Crippen LogP contribution in [0.2, 0.25) is 0 Å². The minimum atomic E-state index is -0.259. The first-order chi connectivity index (χ1) is 18.6. The van der Waals surface area contributed by atoms with Gasteiger partial charge in [-0.25, -0.2) is 0 Å². The summed E-state index contributed by atoms with van der Waals surface area (Å²) in [4.78, 5) is 25.3. The summed E-state index contributed by atoms with van der Waals surface area (Å²) < 4.78 is 22.5. The van der Waals surface area contributed by atoms with Gasteiger partial charge in [-0.2, -0.15) is 23.5 Å². The van der Waals surface area contributed by atoms with E-state index in [0.29, 0.717) is 50.4 Å². The number of carbonyl (C=O) groups is 2. The molecule has 0 aliphatic heterocycles. The predicted octanol–water partition coefficient (Wildman–Crippen LogP) is 6.60. The molecule has 0 radical (unpaired) electrons. The Morgan fingerprint density at radius 2 is 1.00 bits per heavy atom. The quantitative estimate of drug-likeness (QED) is 0.0991. The molecule has 1 saturated carbocycles. The smallest absolute Gasteiger partial charge is 0.314 e. The molecular formula is C30H36O6S2. The lowest BCUT2D eigenvalue weighted by molar-refractivity contribution is -0.145. The normalized spacial score (nSPS) is 16.7. The Kier molecular flexibility index (Phi) is 13.2. The second kappa shape index (κ2) is 16.9. The Morgan fingerprint density at radius 3 is 1.34 bits per heavy atom. The van der Waals surface area contributed by atoms with Gasteiger partial charge in [0.25, 0.3) is 0 Å². The van der Waals surface area contributed by atoms with E-state index in [1.807, 2.05) is 12.2 Å². The van der Waals surface area contributed by atoms with E-state index in [4.69, 9.17) is 18.9 Å². The first-order valence-corrected chi connectivity index (χ1v) is 15.2. The van der Waals surface area contributed by atoms with Crippen LogP contribution < -0.4 is 18.9 Å². The molecule has 0 heterocycles. The van der Waals surface area contributed by atoms with Crippen molar-refractivity contribution in [1.29, 1.82) is 0 Å². The lowest BCUT2D eigenvalue weighted by atomic mass is 9.82. The first-order valence-electron chi connectivity index (χ1n) is 12.9. The molecule has 0 N–H and O–H groups in total. The van der Waals surface area contributed by atoms with E-state index in [0.717, 1.165) is 34.5 Å². The topological polar surface area (TPSA) is 71.1 Å². The zero-order valence-corrected chi connectivity index (χ0v) is 23.3. The van der Waals surface area contributed by atoms with Crippen LogP contribution in [0.1, 0.15) is 25.7 Å². The SMILES string of the molecule is C=CCSCCOc1ccc(OC(=O)C2CCC(C(=O)Oc3ccc(OCCSCC=C)cc3)CC2)cc1. The molecule has 204 valence electrons. The number of thioether (sulfide) groups is 2. The molecule has 2 aromatic carbocycles. The summed E-state index contributed by atoms with van der Waals surface area (Å²) >= 11 is 3.52. The van der Waals surface area contributed by atoms with Gasteiger partial charge in [0.05, 0.1) is 25.0 Å². The molecule has 0 unspecified atom stereocenters. The first kappa shape index (κ1) is 29.7. The predicted molar refractivity (Wildman–Crippen MR) is 156 cm³/mol. The number of rotatable bonds is 16. The molecule has 0 spiro atoms. The molecule has 6 nitrogen and oxygen atoms in total. The molecular weight excluding hydrogens is 520 g/mol. The summed E-state index contributed by atoms with van der Waals surface area (Å²) in [5.41, 5.74) is 0. The second-order valence-electron chi connectivity index (χ2n) is 8.76. The van der Waals surface area contributed by atoms with Gasteiger partial charge in [0.15, 0.2) is 0 Å². The van der Waals surface area contributed by atoms with Crippen molar-refractivity contribution < 1.29 is 28.5 Å². The third-order valence-electron chi connectivity index (χ3n) is 5.94. The summed E-state index contributed by atoms with van der Waals surface area (Å²) in [6.45, 7) is 8.61. The molecule has 1 aliphatic carbocycles. The van der Waals surface area contributed by atoms with Crippen LogP contribution in [0.4, 0.5) is 0 Å². The average molecular weight is 557 g/mol. The number of benzene rings is 2. The standard InChI is InChI=1S/C30H36O6S2/c1-3-19-37-21-17-33-25-9-13-27(14-10-25)35-29(31)23-5-7-24(8-6-23)30(32)36-28-15-11-26(12-16-28)34-18-22-38-20-4-2/h3-4,9-16,23-24H,1-2,5-8,17-22H2. The summed E-state index contributed by atoms with van der Waals surface area (Å²) in [6, 6.07) is 14.2. The molecule has 0 bridgehead atoms. The van der Waals surface area contributed by atoms with Crippen LogP contribution in [0, 0.1) is 11.8 Å². The van der Waals surface area contributed by atoms with Crippen molar-refractivity contribution in [1.82, 2.24) is 0 Å². The fourth-order valence-corrected chi connectivity index (χ4v) is 5.01. The van der Waals surface area contributed by atoms with E-state index < -0.39 is 0 Å². The van der Waals surface area contributed by atoms with Gasteiger partial charge >= 0.3 is 11.9 Å². The Balaban J connectivity index is 1.35. The lowest BCUT2D eigenvalue weighted by Gasteiger charge is -2.25. The van der Waals surface area contributed by atoms with Crippen LogP contribution in [-0.2, 0) is 9.59 Å². The molecule has 1 fully saturated rings. The summed E-state index contributed by atoms with van der Waals surface area (Å²) in [6.07, 6.45) is 6.13. The van der Waals surface area contributed by atoms with E-state index in [-0.39, 0.29) is 23.8 Å². The highest BCUT2D eigenvalue weighted by Crippen LogP contribution is 2.32. The summed E-state index contributed by atoms with van der Waals surface area (Å²) in [5, 5.41) is 0. The highest BCUT2D eigenvalue weighted by atomic mass is 32.2. The van der Waals surface area contributed by atoms with Gasteiger partial charge in [-0.1, -0.05) is 12.2 Å². The fraction of sp³-hybridized carbons (Fsp3) is 0.400. The molecule has 1 aliphatic rings. The summed E-state index contributed by atoms with van der Waals surface area (Å²) in [5.74, 6) is 5.08. The van der Waals surface area contributed by atoms with Crippen molar-refractivity contribution >= 4 is 35.5 Å². The van der Waals surface area contributed by atoms with Crippen LogP contribution in [0.3, 0.4) is 0 Å². The summed E-state index contributed by atoms with van der Waals surface area (Å²) in [7, 11) is 0. The minimum absolute atomic E-state index is 0.224. The second-order valence-corrected chi connectivity index (χ2v) is 11.1. The van der Waals surface area contributed by atoms with Gasteiger partial charge in [0.2, 0.25) is 0 Å². The molecule has 38 heavy (non-hydrogen) atoms. The molecule has 0 saturated heterocycles. The highest BCUT2D eigenvalue weighted by Gasteiger charge is 2.32. The Bertz CT molecular complexity index is 931. The van der Waals surface area contributed by atoms with E-state index in [1.54, 1.807) is 72.1 Å². The number of hydrogen-bond donors (Lipinski definition) is 0. The van der Waals surface area contributed by atoms with Crippen molar-refractivity contribution in [3.8, 4) is 23.0 Å². The van der Waals surface area contributed by atoms with Gasteiger partial charge in [0, 0.05) is 23.0 Å². The van der Waals surface area contributed by atoms with Crippen molar-refractivity contribution in [2.75, 3.05) is 36.2 Å². The molecule has 3 rings (SSSR count). The van der Waals surface area contributed by atoms with Crippen LogP contribution in [-0.4, -0.2) is 48.2 Å². The van der Waals surface area contributed by atoms with Crippen LogP contribution in [0.15, 0.2) is 73.8 Å². The maximum atomic E-state index is 12.7. The van der Waals surface area contributed by atoms with Gasteiger partial charge < -0.3 is 18.9 Å².